The van der Waals surface area contributed by atoms with Gasteiger partial charge in [-0.3, -0.25) is 9.79 Å². The lowest BCUT2D eigenvalue weighted by Crippen LogP contribution is -2.38. The van der Waals surface area contributed by atoms with Crippen LogP contribution < -0.4 is 10.6 Å². The summed E-state index contributed by atoms with van der Waals surface area (Å²) in [6.07, 6.45) is 0. The highest BCUT2D eigenvalue weighted by atomic mass is 35.5. The molecule has 1 aliphatic heterocycles. The fourth-order valence-electron chi connectivity index (χ4n) is 1.65. The topological polar surface area (TPSA) is 53.5 Å². The summed E-state index contributed by atoms with van der Waals surface area (Å²) in [5.74, 6) is 0.260. The first-order chi connectivity index (χ1) is 8.16. The summed E-state index contributed by atoms with van der Waals surface area (Å²) in [7, 11) is 0. The number of carbonyl (C=O) groups is 1. The van der Waals surface area contributed by atoms with Gasteiger partial charge < -0.3 is 10.6 Å². The summed E-state index contributed by atoms with van der Waals surface area (Å²) < 4.78 is 0. The number of amidine groups is 1. The van der Waals surface area contributed by atoms with Crippen LogP contribution in [0.2, 0.25) is 5.02 Å². The number of hydrogen-bond donors (Lipinski definition) is 2. The van der Waals surface area contributed by atoms with E-state index >= 15 is 0 Å². The summed E-state index contributed by atoms with van der Waals surface area (Å²) in [5, 5.41) is 6.51. The Labute approximate surface area is 105 Å². The average Bonchev–Trinajstić information content (AvgIpc) is 2.83. The molecule has 0 saturated heterocycles. The SMILES string of the molecule is C[C@@H](NC(=O)C1=NCCN1)c1ccc(Cl)cc1. The maximum Gasteiger partial charge on any atom is 0.286 e. The van der Waals surface area contributed by atoms with Crippen LogP contribution in [-0.2, 0) is 4.79 Å². The van der Waals surface area contributed by atoms with Crippen molar-refractivity contribution in [3.63, 3.8) is 0 Å². The molecule has 90 valence electrons. The van der Waals surface area contributed by atoms with E-state index in [0.29, 0.717) is 17.4 Å². The fourth-order valence-corrected chi connectivity index (χ4v) is 1.78. The van der Waals surface area contributed by atoms with Crippen molar-refractivity contribution in [3.8, 4) is 0 Å². The van der Waals surface area contributed by atoms with Crippen LogP contribution >= 0.6 is 11.6 Å². The molecule has 0 bridgehead atoms. The molecule has 1 aliphatic rings. The van der Waals surface area contributed by atoms with E-state index in [2.05, 4.69) is 15.6 Å². The standard InChI is InChI=1S/C12H14ClN3O/c1-8(9-2-4-10(13)5-3-9)16-12(17)11-14-6-7-15-11/h2-5,8H,6-7H2,1H3,(H,14,15)(H,16,17)/t8-/m1/s1. The highest BCUT2D eigenvalue weighted by molar-refractivity contribution is 6.38. The lowest BCUT2D eigenvalue weighted by Gasteiger charge is -2.14. The Hall–Kier alpha value is -1.55. The Morgan fingerprint density at radius 3 is 2.76 bits per heavy atom. The van der Waals surface area contributed by atoms with Crippen molar-refractivity contribution < 1.29 is 4.79 Å². The minimum Gasteiger partial charge on any atom is -0.364 e. The van der Waals surface area contributed by atoms with Gasteiger partial charge >= 0.3 is 0 Å². The van der Waals surface area contributed by atoms with Crippen molar-refractivity contribution in [2.45, 2.75) is 13.0 Å². The zero-order valence-electron chi connectivity index (χ0n) is 9.53. The number of halogens is 1. The van der Waals surface area contributed by atoms with Gasteiger partial charge in [-0.15, -0.1) is 0 Å². The second kappa shape index (κ2) is 5.19. The Bertz CT molecular complexity index is 442. The number of nitrogens with one attached hydrogen (secondary N) is 2. The van der Waals surface area contributed by atoms with Crippen LogP contribution in [0.25, 0.3) is 0 Å². The number of benzene rings is 1. The Morgan fingerprint density at radius 2 is 2.18 bits per heavy atom. The highest BCUT2D eigenvalue weighted by Gasteiger charge is 2.17. The van der Waals surface area contributed by atoms with E-state index in [4.69, 9.17) is 11.6 Å². The molecule has 0 unspecified atom stereocenters. The Morgan fingerprint density at radius 1 is 1.47 bits per heavy atom. The quantitative estimate of drug-likeness (QED) is 0.856. The van der Waals surface area contributed by atoms with E-state index in [1.807, 2.05) is 31.2 Å². The molecule has 1 aromatic rings. The third kappa shape index (κ3) is 2.97. The van der Waals surface area contributed by atoms with Gasteiger partial charge in [-0.05, 0) is 24.6 Å². The van der Waals surface area contributed by atoms with Gasteiger partial charge in [-0.1, -0.05) is 23.7 Å². The average molecular weight is 252 g/mol. The van der Waals surface area contributed by atoms with Crippen molar-refractivity contribution in [3.05, 3.63) is 34.9 Å². The summed E-state index contributed by atoms with van der Waals surface area (Å²) >= 11 is 5.81. The highest BCUT2D eigenvalue weighted by Crippen LogP contribution is 2.15. The minimum atomic E-state index is -0.162. The summed E-state index contributed by atoms with van der Waals surface area (Å²) in [4.78, 5) is 15.8. The number of carbonyl (C=O) groups excluding carboxylic acids is 1. The first-order valence-corrected chi connectivity index (χ1v) is 5.89. The van der Waals surface area contributed by atoms with E-state index in [-0.39, 0.29) is 11.9 Å². The Kier molecular flexibility index (Phi) is 3.64. The molecule has 0 fully saturated rings. The number of hydrogen-bond acceptors (Lipinski definition) is 3. The van der Waals surface area contributed by atoms with Crippen molar-refractivity contribution in [2.24, 2.45) is 4.99 Å². The summed E-state index contributed by atoms with van der Waals surface area (Å²) in [6, 6.07) is 7.36. The number of nitrogens with zero attached hydrogens (tertiary/aromatic N) is 1. The molecule has 0 aliphatic carbocycles. The summed E-state index contributed by atoms with van der Waals surface area (Å²) in [5.41, 5.74) is 1.02. The van der Waals surface area contributed by atoms with E-state index < -0.39 is 0 Å². The molecule has 0 spiro atoms. The maximum absolute atomic E-state index is 11.8. The Balaban J connectivity index is 1.98. The van der Waals surface area contributed by atoms with Crippen LogP contribution in [0.4, 0.5) is 0 Å². The van der Waals surface area contributed by atoms with Crippen LogP contribution in [0, 0.1) is 0 Å². The summed E-state index contributed by atoms with van der Waals surface area (Å²) in [6.45, 7) is 3.33. The van der Waals surface area contributed by atoms with Gasteiger partial charge in [0.05, 0.1) is 12.6 Å². The van der Waals surface area contributed by atoms with Crippen molar-refractivity contribution in [1.82, 2.24) is 10.6 Å². The lowest BCUT2D eigenvalue weighted by molar-refractivity contribution is -0.115. The lowest BCUT2D eigenvalue weighted by atomic mass is 10.1. The van der Waals surface area contributed by atoms with E-state index in [9.17, 15) is 4.79 Å². The van der Waals surface area contributed by atoms with Crippen LogP contribution in [-0.4, -0.2) is 24.8 Å². The predicted molar refractivity (Wildman–Crippen MR) is 68.3 cm³/mol. The maximum atomic E-state index is 11.8. The molecule has 1 atom stereocenters. The zero-order chi connectivity index (χ0) is 12.3. The van der Waals surface area contributed by atoms with Crippen LogP contribution in [0.1, 0.15) is 18.5 Å². The molecule has 2 N–H and O–H groups in total. The van der Waals surface area contributed by atoms with Crippen molar-refractivity contribution >= 4 is 23.3 Å². The first-order valence-electron chi connectivity index (χ1n) is 5.51. The second-order valence-electron chi connectivity index (χ2n) is 3.90. The molecule has 0 aromatic heterocycles. The zero-order valence-corrected chi connectivity index (χ0v) is 10.3. The van der Waals surface area contributed by atoms with E-state index in [1.54, 1.807) is 0 Å². The third-order valence-electron chi connectivity index (χ3n) is 2.61. The third-order valence-corrected chi connectivity index (χ3v) is 2.86. The molecule has 0 saturated carbocycles. The van der Waals surface area contributed by atoms with Crippen LogP contribution in [0.3, 0.4) is 0 Å². The second-order valence-corrected chi connectivity index (χ2v) is 4.34. The van der Waals surface area contributed by atoms with Crippen molar-refractivity contribution in [2.75, 3.05) is 13.1 Å². The normalized spacial score (nSPS) is 16.0. The van der Waals surface area contributed by atoms with Gasteiger partial charge in [0.1, 0.15) is 0 Å². The smallest absolute Gasteiger partial charge is 0.286 e. The molecule has 17 heavy (non-hydrogen) atoms. The molecule has 1 heterocycles. The van der Waals surface area contributed by atoms with Gasteiger partial charge in [0, 0.05) is 11.6 Å². The molecule has 1 aromatic carbocycles. The van der Waals surface area contributed by atoms with Gasteiger partial charge in [-0.2, -0.15) is 0 Å². The number of rotatable bonds is 3. The van der Waals surface area contributed by atoms with Gasteiger partial charge in [0.25, 0.3) is 5.91 Å². The minimum absolute atomic E-state index is 0.0649. The van der Waals surface area contributed by atoms with E-state index in [1.165, 1.54) is 0 Å². The molecular formula is C12H14ClN3O. The molecular weight excluding hydrogens is 238 g/mol. The molecule has 2 rings (SSSR count). The van der Waals surface area contributed by atoms with Crippen LogP contribution in [0.15, 0.2) is 29.3 Å². The molecule has 4 nitrogen and oxygen atoms in total. The monoisotopic (exact) mass is 251 g/mol. The first kappa shape index (κ1) is 11.9. The van der Waals surface area contributed by atoms with Gasteiger partial charge in [0.15, 0.2) is 5.84 Å². The molecule has 0 radical (unpaired) electrons. The molecule has 5 heteroatoms. The van der Waals surface area contributed by atoms with Gasteiger partial charge in [-0.25, -0.2) is 0 Å². The fraction of sp³-hybridized carbons (Fsp3) is 0.333. The van der Waals surface area contributed by atoms with Crippen LogP contribution in [0.5, 0.6) is 0 Å². The van der Waals surface area contributed by atoms with Crippen molar-refractivity contribution in [1.29, 1.82) is 0 Å². The predicted octanol–water partition coefficient (Wildman–Crippen LogP) is 1.52. The van der Waals surface area contributed by atoms with E-state index in [0.717, 1.165) is 12.1 Å². The van der Waals surface area contributed by atoms with Gasteiger partial charge in [0.2, 0.25) is 0 Å². The number of amides is 1. The number of aliphatic imine (C=N–C) groups is 1. The largest absolute Gasteiger partial charge is 0.364 e. The molecule has 1 amide bonds.